The lowest BCUT2D eigenvalue weighted by Gasteiger charge is -2.40. The lowest BCUT2D eigenvalue weighted by Crippen LogP contribution is -2.55. The summed E-state index contributed by atoms with van der Waals surface area (Å²) < 4.78 is 76.6. The Bertz CT molecular complexity index is 2650. The molecule has 4 heterocycles. The second kappa shape index (κ2) is 60.7. The van der Waals surface area contributed by atoms with Crippen molar-refractivity contribution in [3.05, 3.63) is 6.66 Å². The van der Waals surface area contributed by atoms with Gasteiger partial charge in [-0.3, -0.25) is 42.9 Å². The number of carbonyl (C=O) groups is 8. The van der Waals surface area contributed by atoms with Crippen LogP contribution in [0.1, 0.15) is 266 Å². The van der Waals surface area contributed by atoms with Gasteiger partial charge in [0.25, 0.3) is 0 Å². The lowest BCUT2D eigenvalue weighted by molar-refractivity contribution is -0.282. The first-order valence-corrected chi connectivity index (χ1v) is 45.8. The van der Waals surface area contributed by atoms with E-state index in [2.05, 4.69) is 24.2 Å². The van der Waals surface area contributed by atoms with Crippen LogP contribution in [0, 0.1) is 35.8 Å². The molecule has 3 amide bonds. The van der Waals surface area contributed by atoms with E-state index in [9.17, 15) is 88.9 Å². The van der Waals surface area contributed by atoms with Crippen LogP contribution in [0.2, 0.25) is 0 Å². The summed E-state index contributed by atoms with van der Waals surface area (Å²) in [5.74, 6) is -1.61. The predicted octanol–water partition coefficient (Wildman–Crippen LogP) is 7.30. The second-order valence-corrected chi connectivity index (χ2v) is 35.3. The maximum atomic E-state index is 14.2. The average Bonchev–Trinajstić information content (AvgIpc) is 1.14. The monoisotopic (exact) mass is 1710 g/mol. The van der Waals surface area contributed by atoms with Gasteiger partial charge >= 0.3 is 0 Å². The van der Waals surface area contributed by atoms with Gasteiger partial charge in [0, 0.05) is 146 Å². The molecule has 11 N–H and O–H groups in total. The Labute approximate surface area is 700 Å². The van der Waals surface area contributed by atoms with E-state index in [1.165, 1.54) is 0 Å². The van der Waals surface area contributed by atoms with E-state index in [0.29, 0.717) is 135 Å². The highest BCUT2D eigenvalue weighted by molar-refractivity contribution is 7.55. The molecule has 4 rings (SSSR count). The van der Waals surface area contributed by atoms with Gasteiger partial charge in [-0.25, -0.2) is 6.66 Å². The third kappa shape index (κ3) is 43.2. The molecule has 0 aromatic carbocycles. The van der Waals surface area contributed by atoms with Crippen LogP contribution in [-0.2, 0) is 94.6 Å². The number of Topliss-reactive ketones (excluding diaryl/α,β-unsaturated/α-hetero) is 5. The van der Waals surface area contributed by atoms with Gasteiger partial charge in [0.05, 0.1) is 96.5 Å². The van der Waals surface area contributed by atoms with Gasteiger partial charge in [-0.1, -0.05) is 79.1 Å². The van der Waals surface area contributed by atoms with Crippen LogP contribution in [0.25, 0.3) is 0 Å². The van der Waals surface area contributed by atoms with Gasteiger partial charge in [-0.2, -0.15) is 0 Å². The molecule has 4 aliphatic rings. The summed E-state index contributed by atoms with van der Waals surface area (Å²) in [4.78, 5) is 107. The minimum absolute atomic E-state index is 0.0164. The van der Waals surface area contributed by atoms with Crippen LogP contribution >= 0.6 is 7.60 Å². The van der Waals surface area contributed by atoms with Gasteiger partial charge in [-0.05, 0) is 110 Å². The molecule has 0 aromatic rings. The average molecular weight is 1710 g/mol. The Morgan fingerprint density at radius 2 is 0.763 bits per heavy atom. The predicted molar refractivity (Wildman–Crippen MR) is 436 cm³/mol. The van der Waals surface area contributed by atoms with Gasteiger partial charge in [-0.15, -0.1) is 0 Å². The van der Waals surface area contributed by atoms with Crippen LogP contribution in [0.5, 0.6) is 0 Å². The van der Waals surface area contributed by atoms with E-state index in [1.807, 2.05) is 4.90 Å². The summed E-state index contributed by atoms with van der Waals surface area (Å²) in [6.07, 6.45) is 5.56. The molecule has 118 heavy (non-hydrogen) atoms. The van der Waals surface area contributed by atoms with E-state index in [-0.39, 0.29) is 189 Å². The molecule has 0 radical (unpaired) electrons. The molecule has 686 valence electrons. The molecule has 0 bridgehead atoms. The van der Waals surface area contributed by atoms with Crippen molar-refractivity contribution in [3.63, 3.8) is 0 Å². The largest absolute Gasteiger partial charge is 0.394 e. The zero-order valence-electron chi connectivity index (χ0n) is 71.7. The first-order chi connectivity index (χ1) is 56.4. The van der Waals surface area contributed by atoms with Crippen molar-refractivity contribution >= 4 is 54.2 Å². The number of likely N-dealkylation sites (tertiary alicyclic amines) is 1. The Morgan fingerprint density at radius 1 is 0.432 bits per heavy atom. The Hall–Kier alpha value is -3.81. The lowest BCUT2D eigenvalue weighted by atomic mass is 9.83. The van der Waals surface area contributed by atoms with E-state index in [1.54, 1.807) is 34.6 Å². The van der Waals surface area contributed by atoms with Gasteiger partial charge in [0.2, 0.25) is 17.7 Å². The quantitative estimate of drug-likeness (QED) is 0.0161. The molecule has 0 aliphatic carbocycles. The molecule has 4 fully saturated rings. The van der Waals surface area contributed by atoms with Gasteiger partial charge in [0.15, 0.2) is 26.5 Å². The zero-order chi connectivity index (χ0) is 86.8. The number of ether oxygens (including phenoxy) is 9. The summed E-state index contributed by atoms with van der Waals surface area (Å²) in [5.41, 5.74) is -1.09. The minimum atomic E-state index is -3.50. The smallest absolute Gasteiger partial charge is 0.222 e. The molecule has 0 saturated carbocycles. The van der Waals surface area contributed by atoms with E-state index < -0.39 is 124 Å². The van der Waals surface area contributed by atoms with Crippen LogP contribution in [0.4, 0.5) is 0 Å². The molecule has 4 aliphatic heterocycles. The molecule has 17 unspecified atom stereocenters. The molecular formula is C85H151N3O29P-. The topological polar surface area (TPSA) is 465 Å². The summed E-state index contributed by atoms with van der Waals surface area (Å²) in [7, 11) is -3.50. The minimum Gasteiger partial charge on any atom is -0.394 e. The molecule has 0 spiro atoms. The van der Waals surface area contributed by atoms with Gasteiger partial charge < -0.3 is 113 Å². The molecule has 32 nitrogen and oxygen atoms in total. The standard InChI is InChI=1S/C85H151N3O29P/c1-59(2)117-118(7,106)113-55-64-49-60(3)51-88(64)75(99)37-21-13-11-9-8-10-12-16-35-69(96)50-85(56-107-46-38-67(94)31-19-14-17-29-65(92)33-22-25-43-110-82-61(4)76(100)79(103)70(52-89)114-82,57-108-47-39-68(95)32-20-15-18-30-66(93)34-23-26-44-111-83-62(5)77(101)80(104)71(53-90)115-83)58-109-48-40-74(98)87-42-28-41-86-73(97)36-24-27-45-112-84-63(6)78(102)81(105)72(54-91)116-84/h59-64,70-72,76-84,89-91,100-105H,7-58H2,1-6H3,(H,86,97)(H,87,98)/q-1/t60-,61?,62?,63?,64?,70?,71?,72?,76?,77?,78?,79?,80?,81?,82?,83?,84?,85?,118?/m1/s1. The van der Waals surface area contributed by atoms with Crippen LogP contribution in [-0.4, -0.2) is 289 Å². The number of rotatable bonds is 70. The Morgan fingerprint density at radius 3 is 1.15 bits per heavy atom. The highest BCUT2D eigenvalue weighted by atomic mass is 31.2. The number of nitrogens with one attached hydrogen (secondary N) is 2. The zero-order valence-corrected chi connectivity index (χ0v) is 72.6. The number of hydrogen-bond donors (Lipinski definition) is 11. The number of aliphatic hydroxyl groups excluding tert-OH is 9. The third-order valence-electron chi connectivity index (χ3n) is 22.4. The van der Waals surface area contributed by atoms with Gasteiger partial charge in [0.1, 0.15) is 65.5 Å². The van der Waals surface area contributed by atoms with Crippen molar-refractivity contribution in [2.75, 3.05) is 106 Å². The van der Waals surface area contributed by atoms with E-state index in [4.69, 9.17) is 51.7 Å². The number of carbonyl (C=O) groups excluding carboxylic acids is 8. The van der Waals surface area contributed by atoms with Crippen LogP contribution in [0.3, 0.4) is 0 Å². The van der Waals surface area contributed by atoms with Crippen molar-refractivity contribution in [2.45, 2.75) is 352 Å². The maximum Gasteiger partial charge on any atom is 0.222 e. The fourth-order valence-corrected chi connectivity index (χ4v) is 16.2. The Balaban J connectivity index is 1.29. The molecule has 0 aromatic heterocycles. The Kier molecular flexibility index (Phi) is 54.8. The SMILES string of the molecule is [CH2-]P(=O)(OCC1C[C@@H](C)CN1C(=O)CCCCCCCCCCC(=O)CC(COCCC(=O)CCCCCC(=O)CCCCOC1OC(CO)C(O)C(O)C1C)(COCCC(=O)CCCCCC(=O)CCCCOC1OC(CO)C(O)C(O)C1C)COCCC(=O)NCCCNC(=O)CCCCOC1OC(CO)C(O)C(O)C1C)OC(C)C. The fourth-order valence-electron chi connectivity index (χ4n) is 15.1. The van der Waals surface area contributed by atoms with Crippen molar-refractivity contribution < 1.29 is 141 Å². The molecule has 18 atom stereocenters. The normalized spacial score (nSPS) is 26.4. The van der Waals surface area contributed by atoms with Crippen molar-refractivity contribution in [1.82, 2.24) is 15.5 Å². The molecule has 33 heteroatoms. The number of aliphatic hydroxyl groups is 9. The maximum absolute atomic E-state index is 14.2. The fraction of sp³-hybridized carbons (Fsp3) is 0.894. The first kappa shape index (κ1) is 107. The van der Waals surface area contributed by atoms with Crippen molar-refractivity contribution in [3.8, 4) is 0 Å². The van der Waals surface area contributed by atoms with Crippen molar-refractivity contribution in [2.24, 2.45) is 29.1 Å². The summed E-state index contributed by atoms with van der Waals surface area (Å²) in [6.45, 7) is 14.9. The number of ketones is 5. The van der Waals surface area contributed by atoms with Crippen LogP contribution in [0.15, 0.2) is 0 Å². The number of nitrogens with zero attached hydrogens (tertiary/aromatic N) is 1. The third-order valence-corrected chi connectivity index (χ3v) is 23.7. The summed E-state index contributed by atoms with van der Waals surface area (Å²) in [6, 6.07) is -0.186. The highest BCUT2D eigenvalue weighted by Crippen LogP contribution is 2.48. The van der Waals surface area contributed by atoms with Crippen LogP contribution < -0.4 is 10.6 Å². The number of amides is 3. The molecule has 4 saturated heterocycles. The molecular weight excluding hydrogens is 1560 g/mol. The first-order valence-electron chi connectivity index (χ1n) is 44.1. The summed E-state index contributed by atoms with van der Waals surface area (Å²) in [5, 5.41) is 95.6. The number of unbranched alkanes of at least 4 members (excludes halogenated alkanes) is 14. The van der Waals surface area contributed by atoms with E-state index >= 15 is 0 Å². The number of hydrogen-bond acceptors (Lipinski definition) is 29. The van der Waals surface area contributed by atoms with Crippen molar-refractivity contribution in [1.29, 1.82) is 0 Å². The highest BCUT2D eigenvalue weighted by Gasteiger charge is 2.45. The van der Waals surface area contributed by atoms with E-state index in [0.717, 1.165) is 51.4 Å². The second-order valence-electron chi connectivity index (χ2n) is 33.6. The summed E-state index contributed by atoms with van der Waals surface area (Å²) >= 11 is 0.